The van der Waals surface area contributed by atoms with Crippen molar-refractivity contribution in [3.8, 4) is 0 Å². The summed E-state index contributed by atoms with van der Waals surface area (Å²) < 4.78 is 0. The quantitative estimate of drug-likeness (QED) is 0.314. The lowest BCUT2D eigenvalue weighted by Crippen LogP contribution is -2.26. The third kappa shape index (κ3) is 9.52. The molecule has 0 spiro atoms. The van der Waals surface area contributed by atoms with E-state index in [1.165, 1.54) is 6.42 Å². The molecule has 0 aliphatic carbocycles. The molecule has 0 nitrogen and oxygen atoms in total. The second-order valence-corrected chi connectivity index (χ2v) is 55.6. The van der Waals surface area contributed by atoms with Crippen molar-refractivity contribution in [3.05, 3.63) is 6.04 Å². The number of hydrogen-bond donors (Lipinski definition) is 0. The Hall–Kier alpha value is 1.52. The van der Waals surface area contributed by atoms with E-state index < -0.39 is 0 Å². The Labute approximate surface area is 80.8 Å². The van der Waals surface area contributed by atoms with Crippen LogP contribution in [0.4, 0.5) is 0 Å². The maximum atomic E-state index is 2.67. The molecule has 0 rings (SSSR count). The van der Waals surface area contributed by atoms with Crippen molar-refractivity contribution in [2.24, 2.45) is 0 Å². The third-order valence-corrected chi connectivity index (χ3v) is 97.6. The van der Waals surface area contributed by atoms with Crippen molar-refractivity contribution in [2.75, 3.05) is 0 Å². The van der Waals surface area contributed by atoms with Crippen LogP contribution in [0.1, 0.15) is 13.3 Å². The van der Waals surface area contributed by atoms with Crippen LogP contribution < -0.4 is 0 Å². The minimum atomic E-state index is 0.543. The summed E-state index contributed by atoms with van der Waals surface area (Å²) in [7, 11) is 6.21. The molecule has 10 heavy (non-hydrogen) atoms. The minimum absolute atomic E-state index is 0.543. The molecule has 0 fully saturated rings. The van der Waals surface area contributed by atoms with Crippen molar-refractivity contribution in [3.63, 3.8) is 0 Å². The lowest BCUT2D eigenvalue weighted by molar-refractivity contribution is 1.19. The zero-order valence-electron chi connectivity index (χ0n) is 7.53. The first-order chi connectivity index (χ1) is 4.91. The smallest absolute Gasteiger partial charge is 0.00840 e. The van der Waals surface area contributed by atoms with Gasteiger partial charge in [0.2, 0.25) is 0 Å². The maximum Gasteiger partial charge on any atom is 0.00840 e. The lowest BCUT2D eigenvalue weighted by atomic mass is 10.6. The molecule has 1 radical (unpaired) electrons. The van der Waals surface area contributed by atoms with Crippen LogP contribution in [-0.2, 0) is 0 Å². The second-order valence-electron chi connectivity index (χ2n) is 2.90. The topological polar surface area (TPSA) is 0 Å². The largest absolute Gasteiger partial charge is 0.0654 e. The molecule has 0 aromatic rings. The molecule has 7 heteroatoms. The number of hydrogen-bond acceptors (Lipinski definition) is 0. The normalized spacial score (nSPS) is 17.7. The second kappa shape index (κ2) is 10.5. The summed E-state index contributed by atoms with van der Waals surface area (Å²) in [4.78, 5) is 0. The van der Waals surface area contributed by atoms with Gasteiger partial charge in [0.25, 0.3) is 0 Å². The Morgan fingerprint density at radius 3 is 2.50 bits per heavy atom. The first-order valence-corrected chi connectivity index (χ1v) is 31.2. The van der Waals surface area contributed by atoms with Crippen molar-refractivity contribution < 1.29 is 0 Å². The van der Waals surface area contributed by atoms with Gasteiger partial charge in [-0.1, -0.05) is 19.4 Å². The van der Waals surface area contributed by atoms with Crippen LogP contribution in [0.3, 0.4) is 0 Å². The van der Waals surface area contributed by atoms with Crippen LogP contribution in [0, 0.1) is 6.04 Å². The highest BCUT2D eigenvalue weighted by Gasteiger charge is 1.91. The Bertz CT molecular complexity index is 48.8. The zero-order chi connectivity index (χ0) is 7.66. The van der Waals surface area contributed by atoms with Gasteiger partial charge in [-0.05, 0) is 52.5 Å². The molecule has 0 bridgehead atoms. The highest BCUT2D eigenvalue weighted by Crippen LogP contribution is 1.77. The van der Waals surface area contributed by atoms with E-state index in [4.69, 9.17) is 0 Å². The molecule has 0 aromatic heterocycles. The monoisotopic (exact) mass is 253 g/mol. The Morgan fingerprint density at radius 2 is 1.90 bits per heavy atom. The fourth-order valence-corrected chi connectivity index (χ4v) is 164. The van der Waals surface area contributed by atoms with E-state index in [1.807, 2.05) is 0 Å². The lowest BCUT2D eigenvalue weighted by Gasteiger charge is -1.93. The van der Waals surface area contributed by atoms with Gasteiger partial charge in [-0.15, -0.1) is 0 Å². The van der Waals surface area contributed by atoms with Gasteiger partial charge in [-0.2, -0.15) is 0 Å². The number of rotatable bonds is 7. The van der Waals surface area contributed by atoms with E-state index in [1.54, 1.807) is 9.76 Å². The predicted octanol–water partition coefficient (Wildman–Crippen LogP) is -5.57. The summed E-state index contributed by atoms with van der Waals surface area (Å²) in [6.07, 6.45) is 1.40. The van der Waals surface area contributed by atoms with Crippen LogP contribution >= 0.6 is 0 Å². The Kier molecular flexibility index (Phi) is 12.1. The van der Waals surface area contributed by atoms with Gasteiger partial charge < -0.3 is 0 Å². The Balaban J connectivity index is 2.65. The summed E-state index contributed by atoms with van der Waals surface area (Å²) in [6.45, 7) is 2.32. The SMILES string of the molecule is CC[CH][SiH2][SiH2][SiH2][SiH2][SiH2][SiH2][SiH3]. The van der Waals surface area contributed by atoms with E-state index in [9.17, 15) is 0 Å². The molecule has 0 heterocycles. The van der Waals surface area contributed by atoms with Gasteiger partial charge in [0.15, 0.2) is 0 Å². The molecule has 0 amide bonds. The molecule has 0 N–H and O–H groups in total. The molecular formula is C3H21Si7. The maximum absolute atomic E-state index is 2.67. The minimum Gasteiger partial charge on any atom is -0.0654 e. The van der Waals surface area contributed by atoms with Crippen molar-refractivity contribution in [1.29, 1.82) is 0 Å². The molecule has 0 atom stereocenters. The summed E-state index contributed by atoms with van der Waals surface area (Å²) in [5, 5.41) is 0. The highest BCUT2D eigenvalue weighted by molar-refractivity contribution is 7.62. The van der Waals surface area contributed by atoms with Crippen LogP contribution in [0.15, 0.2) is 0 Å². The summed E-state index contributed by atoms with van der Waals surface area (Å²) >= 11 is 0. The predicted molar refractivity (Wildman–Crippen MR) is 75.8 cm³/mol. The third-order valence-electron chi connectivity index (χ3n) is 1.80. The first kappa shape index (κ1) is 11.5. The van der Waals surface area contributed by atoms with Crippen LogP contribution in [0.25, 0.3) is 0 Å². The molecule has 0 aromatic carbocycles. The van der Waals surface area contributed by atoms with E-state index in [0.717, 1.165) is 42.8 Å². The van der Waals surface area contributed by atoms with Crippen LogP contribution in [0.5, 0.6) is 0 Å². The Morgan fingerprint density at radius 1 is 1.20 bits per heavy atom. The van der Waals surface area contributed by atoms with Crippen molar-refractivity contribution in [2.45, 2.75) is 13.3 Å². The molecule has 61 valence electrons. The standard InChI is InChI=1S/C3H21Si7/c1-2-3-5-7-9-10-8-6-4/h3H,2,5-10H2,1,4H3. The van der Waals surface area contributed by atoms with E-state index in [2.05, 4.69) is 13.0 Å². The van der Waals surface area contributed by atoms with E-state index in [-0.39, 0.29) is 0 Å². The van der Waals surface area contributed by atoms with E-state index >= 15 is 0 Å². The fourth-order valence-electron chi connectivity index (χ4n) is 1.10. The summed E-state index contributed by atoms with van der Waals surface area (Å²) in [5.41, 5.74) is 0. The van der Waals surface area contributed by atoms with Gasteiger partial charge in [0, 0.05) is 9.04 Å². The van der Waals surface area contributed by atoms with Gasteiger partial charge in [-0.3, -0.25) is 0 Å². The fraction of sp³-hybridized carbons (Fsp3) is 0.667. The van der Waals surface area contributed by atoms with Gasteiger partial charge >= 0.3 is 0 Å². The van der Waals surface area contributed by atoms with Crippen molar-refractivity contribution >= 4 is 61.6 Å². The molecular weight excluding hydrogens is 233 g/mol. The van der Waals surface area contributed by atoms with E-state index in [0.29, 0.717) is 9.04 Å². The van der Waals surface area contributed by atoms with Crippen LogP contribution in [-0.4, -0.2) is 61.6 Å². The van der Waals surface area contributed by atoms with Crippen LogP contribution in [0.2, 0.25) is 0 Å². The highest BCUT2D eigenvalue weighted by atomic mass is 29.9. The summed E-state index contributed by atoms with van der Waals surface area (Å²) in [5.74, 6) is 0. The van der Waals surface area contributed by atoms with Gasteiger partial charge in [-0.25, -0.2) is 0 Å². The zero-order valence-corrected chi connectivity index (χ0v) is 18.0. The van der Waals surface area contributed by atoms with Gasteiger partial charge in [0.05, 0.1) is 0 Å². The summed E-state index contributed by atoms with van der Waals surface area (Å²) in [6, 6.07) is 2.67. The van der Waals surface area contributed by atoms with Crippen molar-refractivity contribution in [1.82, 2.24) is 0 Å². The average Bonchev–Trinajstić information content (AvgIpc) is 1.97. The molecule has 0 saturated heterocycles. The average molecular weight is 254 g/mol. The first-order valence-electron chi connectivity index (χ1n) is 4.73. The molecule has 0 saturated carbocycles. The molecule has 0 unspecified atom stereocenters. The molecule has 0 aliphatic rings. The molecule has 0 aliphatic heterocycles. The van der Waals surface area contributed by atoms with Gasteiger partial charge in [0.1, 0.15) is 0 Å².